The number of hydrogen-bond acceptors (Lipinski definition) is 4. The van der Waals surface area contributed by atoms with Gasteiger partial charge < -0.3 is 19.3 Å². The molecular formula is C15H19BrO5. The lowest BCUT2D eigenvalue weighted by atomic mass is 10.2. The van der Waals surface area contributed by atoms with E-state index in [0.717, 1.165) is 17.0 Å². The lowest BCUT2D eigenvalue weighted by Gasteiger charge is -2.10. The number of carboxylic acid groups (broad SMARTS) is 1. The maximum absolute atomic E-state index is 10.6. The predicted octanol–water partition coefficient (Wildman–Crippen LogP) is 2.98. The largest absolute Gasteiger partial charge is 0.493 e. The van der Waals surface area contributed by atoms with Crippen LogP contribution in [0.15, 0.2) is 28.7 Å². The summed E-state index contributed by atoms with van der Waals surface area (Å²) < 4.78 is 16.7. The van der Waals surface area contributed by atoms with E-state index < -0.39 is 5.97 Å². The minimum Gasteiger partial charge on any atom is -0.493 e. The molecule has 0 aliphatic carbocycles. The van der Waals surface area contributed by atoms with E-state index in [2.05, 4.69) is 15.9 Å². The molecular weight excluding hydrogens is 340 g/mol. The average molecular weight is 359 g/mol. The van der Waals surface area contributed by atoms with Crippen LogP contribution in [0.2, 0.25) is 0 Å². The minimum absolute atomic E-state index is 0.503. The first-order valence-corrected chi connectivity index (χ1v) is 7.33. The molecule has 0 bridgehead atoms. The van der Waals surface area contributed by atoms with Gasteiger partial charge in [0.25, 0.3) is 0 Å². The van der Waals surface area contributed by atoms with E-state index in [1.54, 1.807) is 13.2 Å². The Balaban J connectivity index is 2.45. The first kappa shape index (κ1) is 17.7. The van der Waals surface area contributed by atoms with E-state index in [1.807, 2.05) is 12.1 Å². The fraction of sp³-hybridized carbons (Fsp3) is 0.400. The number of methoxy groups -OCH3 is 1. The second-order valence-corrected chi connectivity index (χ2v) is 5.08. The summed E-state index contributed by atoms with van der Waals surface area (Å²) in [6.07, 6.45) is 3.35. The molecule has 0 saturated carbocycles. The Morgan fingerprint density at radius 2 is 2.10 bits per heavy atom. The molecule has 5 nitrogen and oxygen atoms in total. The first-order chi connectivity index (χ1) is 10.1. The Hall–Kier alpha value is -1.37. The van der Waals surface area contributed by atoms with Crippen LogP contribution >= 0.6 is 15.9 Å². The summed E-state index contributed by atoms with van der Waals surface area (Å²) in [7, 11) is 1.63. The van der Waals surface area contributed by atoms with Crippen molar-refractivity contribution in [3.05, 3.63) is 34.3 Å². The molecule has 0 fully saturated rings. The number of ether oxygens (including phenoxy) is 3. The summed E-state index contributed by atoms with van der Waals surface area (Å²) in [6.45, 7) is 2.25. The Morgan fingerprint density at radius 1 is 1.29 bits per heavy atom. The van der Waals surface area contributed by atoms with Crippen LogP contribution < -0.4 is 4.74 Å². The Bertz CT molecular complexity index is 473. The highest BCUT2D eigenvalue weighted by Gasteiger charge is 2.03. The van der Waals surface area contributed by atoms with Crippen molar-refractivity contribution >= 4 is 28.0 Å². The van der Waals surface area contributed by atoms with Crippen LogP contribution in [0.3, 0.4) is 0 Å². The van der Waals surface area contributed by atoms with Gasteiger partial charge in [0, 0.05) is 36.2 Å². The Morgan fingerprint density at radius 3 is 2.81 bits per heavy atom. The summed E-state index contributed by atoms with van der Waals surface area (Å²) in [6, 6.07) is 5.46. The molecule has 116 valence electrons. The van der Waals surface area contributed by atoms with Gasteiger partial charge in [0.1, 0.15) is 5.75 Å². The standard InChI is InChI=1S/C15H19BrO5/c1-19-9-10-20-7-2-8-21-14-5-4-13(16)11-12(14)3-6-15(17)18/h3-6,11H,2,7-10H2,1H3,(H,17,18)/b6-3+. The van der Waals surface area contributed by atoms with Crippen LogP contribution in [0.5, 0.6) is 5.75 Å². The van der Waals surface area contributed by atoms with Crippen molar-refractivity contribution < 1.29 is 24.1 Å². The number of hydrogen-bond donors (Lipinski definition) is 1. The maximum atomic E-state index is 10.6. The predicted molar refractivity (Wildman–Crippen MR) is 83.6 cm³/mol. The second-order valence-electron chi connectivity index (χ2n) is 4.16. The molecule has 1 aromatic rings. The molecule has 0 heterocycles. The van der Waals surface area contributed by atoms with Crippen LogP contribution in [0.4, 0.5) is 0 Å². The zero-order chi connectivity index (χ0) is 15.5. The molecule has 0 radical (unpaired) electrons. The lowest BCUT2D eigenvalue weighted by Crippen LogP contribution is -2.07. The highest BCUT2D eigenvalue weighted by molar-refractivity contribution is 9.10. The van der Waals surface area contributed by atoms with Crippen molar-refractivity contribution in [1.29, 1.82) is 0 Å². The summed E-state index contributed by atoms with van der Waals surface area (Å²) in [5.74, 6) is -0.347. The van der Waals surface area contributed by atoms with E-state index in [-0.39, 0.29) is 0 Å². The van der Waals surface area contributed by atoms with Gasteiger partial charge in [-0.25, -0.2) is 4.79 Å². The van der Waals surface area contributed by atoms with Gasteiger partial charge in [-0.1, -0.05) is 15.9 Å². The smallest absolute Gasteiger partial charge is 0.328 e. The van der Waals surface area contributed by atoms with Crippen molar-refractivity contribution in [1.82, 2.24) is 0 Å². The third-order valence-corrected chi connectivity index (χ3v) is 2.99. The van der Waals surface area contributed by atoms with Gasteiger partial charge in [-0.3, -0.25) is 0 Å². The molecule has 0 spiro atoms. The van der Waals surface area contributed by atoms with Gasteiger partial charge >= 0.3 is 5.97 Å². The number of benzene rings is 1. The third kappa shape index (κ3) is 7.84. The van der Waals surface area contributed by atoms with Crippen LogP contribution in [0, 0.1) is 0 Å². The average Bonchev–Trinajstić information content (AvgIpc) is 2.45. The first-order valence-electron chi connectivity index (χ1n) is 6.53. The molecule has 1 rings (SSSR count). The van der Waals surface area contributed by atoms with Gasteiger partial charge in [0.2, 0.25) is 0 Å². The molecule has 21 heavy (non-hydrogen) atoms. The number of rotatable bonds is 10. The van der Waals surface area contributed by atoms with Crippen molar-refractivity contribution in [2.75, 3.05) is 33.5 Å². The molecule has 0 atom stereocenters. The molecule has 1 N–H and O–H groups in total. The fourth-order valence-electron chi connectivity index (χ4n) is 1.53. The summed E-state index contributed by atoms with van der Waals surface area (Å²) in [5.41, 5.74) is 0.715. The summed E-state index contributed by atoms with van der Waals surface area (Å²) in [5, 5.41) is 8.69. The normalized spacial score (nSPS) is 11.0. The fourth-order valence-corrected chi connectivity index (χ4v) is 1.91. The number of halogens is 1. The van der Waals surface area contributed by atoms with Crippen molar-refractivity contribution in [2.24, 2.45) is 0 Å². The van der Waals surface area contributed by atoms with E-state index in [9.17, 15) is 4.79 Å². The van der Waals surface area contributed by atoms with E-state index >= 15 is 0 Å². The zero-order valence-corrected chi connectivity index (χ0v) is 13.5. The lowest BCUT2D eigenvalue weighted by molar-refractivity contribution is -0.131. The second kappa shape index (κ2) is 10.4. The van der Waals surface area contributed by atoms with Crippen LogP contribution in [0.1, 0.15) is 12.0 Å². The van der Waals surface area contributed by atoms with Crippen LogP contribution in [-0.2, 0) is 14.3 Å². The van der Waals surface area contributed by atoms with Gasteiger partial charge in [0.15, 0.2) is 0 Å². The highest BCUT2D eigenvalue weighted by atomic mass is 79.9. The quantitative estimate of drug-likeness (QED) is 0.514. The van der Waals surface area contributed by atoms with Gasteiger partial charge in [-0.15, -0.1) is 0 Å². The Labute approximate surface area is 132 Å². The van der Waals surface area contributed by atoms with E-state index in [0.29, 0.717) is 37.7 Å². The van der Waals surface area contributed by atoms with Crippen molar-refractivity contribution in [2.45, 2.75) is 6.42 Å². The van der Waals surface area contributed by atoms with Crippen LogP contribution in [-0.4, -0.2) is 44.6 Å². The Kier molecular flexibility index (Phi) is 8.73. The van der Waals surface area contributed by atoms with Gasteiger partial charge in [-0.05, 0) is 24.3 Å². The van der Waals surface area contributed by atoms with Crippen molar-refractivity contribution in [3.63, 3.8) is 0 Å². The number of carbonyl (C=O) groups is 1. The van der Waals surface area contributed by atoms with Gasteiger partial charge in [-0.2, -0.15) is 0 Å². The molecule has 0 unspecified atom stereocenters. The third-order valence-electron chi connectivity index (χ3n) is 2.50. The maximum Gasteiger partial charge on any atom is 0.328 e. The van der Waals surface area contributed by atoms with Gasteiger partial charge in [0.05, 0.1) is 19.8 Å². The SMILES string of the molecule is COCCOCCCOc1ccc(Br)cc1/C=C/C(=O)O. The highest BCUT2D eigenvalue weighted by Crippen LogP contribution is 2.24. The summed E-state index contributed by atoms with van der Waals surface area (Å²) in [4.78, 5) is 10.6. The molecule has 6 heteroatoms. The molecule has 0 aliphatic heterocycles. The molecule has 0 amide bonds. The molecule has 0 aliphatic rings. The van der Waals surface area contributed by atoms with Crippen molar-refractivity contribution in [3.8, 4) is 5.75 Å². The van der Waals surface area contributed by atoms with Crippen LogP contribution in [0.25, 0.3) is 6.08 Å². The zero-order valence-electron chi connectivity index (χ0n) is 11.9. The topological polar surface area (TPSA) is 65.0 Å². The summed E-state index contributed by atoms with van der Waals surface area (Å²) >= 11 is 3.35. The molecule has 1 aromatic carbocycles. The minimum atomic E-state index is -0.993. The number of aliphatic carboxylic acids is 1. The monoisotopic (exact) mass is 358 g/mol. The number of carboxylic acids is 1. The van der Waals surface area contributed by atoms with E-state index in [4.69, 9.17) is 19.3 Å². The van der Waals surface area contributed by atoms with E-state index in [1.165, 1.54) is 6.08 Å². The molecule has 0 aromatic heterocycles. The molecule has 0 saturated heterocycles.